The summed E-state index contributed by atoms with van der Waals surface area (Å²) in [4.78, 5) is 13.7. The van der Waals surface area contributed by atoms with Gasteiger partial charge in [-0.15, -0.1) is 0 Å². The van der Waals surface area contributed by atoms with Gasteiger partial charge in [0.1, 0.15) is 5.82 Å². The number of aromatic hydroxyl groups is 1. The molecule has 2 fully saturated rings. The first-order valence-corrected chi connectivity index (χ1v) is 9.93. The van der Waals surface area contributed by atoms with E-state index in [-0.39, 0.29) is 5.75 Å². The van der Waals surface area contributed by atoms with E-state index in [0.29, 0.717) is 43.9 Å². The summed E-state index contributed by atoms with van der Waals surface area (Å²) in [6.45, 7) is 5.76. The Balaban J connectivity index is 1.54. The van der Waals surface area contributed by atoms with Gasteiger partial charge in [0.05, 0.1) is 39.8 Å². The van der Waals surface area contributed by atoms with Crippen LogP contribution in [-0.4, -0.2) is 81.0 Å². The fraction of sp³-hybridized carbons (Fsp3) is 0.450. The van der Waals surface area contributed by atoms with E-state index in [1.54, 1.807) is 24.4 Å². The summed E-state index contributed by atoms with van der Waals surface area (Å²) in [5, 5.41) is 14.0. The van der Waals surface area contributed by atoms with Crippen LogP contribution in [0.2, 0.25) is 0 Å². The maximum atomic E-state index is 9.72. The summed E-state index contributed by atoms with van der Waals surface area (Å²) in [6, 6.07) is 6.92. The molecule has 2 aliphatic heterocycles. The number of nitrogens with one attached hydrogen (secondary N) is 1. The van der Waals surface area contributed by atoms with Gasteiger partial charge in [-0.2, -0.15) is 15.1 Å². The van der Waals surface area contributed by atoms with Crippen molar-refractivity contribution >= 4 is 23.8 Å². The zero-order valence-corrected chi connectivity index (χ0v) is 17.0. The number of ether oxygens (including phenoxy) is 3. The van der Waals surface area contributed by atoms with Crippen molar-refractivity contribution in [1.29, 1.82) is 0 Å². The molecule has 10 nitrogen and oxygen atoms in total. The minimum absolute atomic E-state index is 0.0868. The second kappa shape index (κ2) is 9.59. The SMILES string of the molecule is COc1cc(/C=N/Nc2cc(N3CCOCC3)nc(N3CCOCC3)n2)ccc1O. The summed E-state index contributed by atoms with van der Waals surface area (Å²) in [5.74, 6) is 2.59. The number of rotatable bonds is 6. The number of aromatic nitrogens is 2. The third-order valence-electron chi connectivity index (χ3n) is 4.93. The molecule has 0 radical (unpaired) electrons. The third kappa shape index (κ3) is 4.89. The van der Waals surface area contributed by atoms with Crippen molar-refractivity contribution in [1.82, 2.24) is 9.97 Å². The maximum absolute atomic E-state index is 9.72. The van der Waals surface area contributed by atoms with Crippen LogP contribution < -0.4 is 20.0 Å². The van der Waals surface area contributed by atoms with E-state index in [1.165, 1.54) is 7.11 Å². The van der Waals surface area contributed by atoms with Crippen LogP contribution in [0.5, 0.6) is 11.5 Å². The number of methoxy groups -OCH3 is 1. The highest BCUT2D eigenvalue weighted by molar-refractivity contribution is 5.81. The molecule has 2 aliphatic rings. The Hall–Kier alpha value is -3.11. The van der Waals surface area contributed by atoms with Gasteiger partial charge in [0.25, 0.3) is 0 Å². The average molecular weight is 414 g/mol. The molecule has 0 unspecified atom stereocenters. The Kier molecular flexibility index (Phi) is 6.45. The topological polar surface area (TPSA) is 105 Å². The van der Waals surface area contributed by atoms with E-state index in [0.717, 1.165) is 37.6 Å². The normalized spacial score (nSPS) is 17.4. The van der Waals surface area contributed by atoms with Crippen molar-refractivity contribution < 1.29 is 19.3 Å². The molecule has 4 rings (SSSR count). The van der Waals surface area contributed by atoms with E-state index in [1.807, 2.05) is 6.07 Å². The van der Waals surface area contributed by atoms with E-state index < -0.39 is 0 Å². The predicted octanol–water partition coefficient (Wildman–Crippen LogP) is 1.31. The van der Waals surface area contributed by atoms with Crippen molar-refractivity contribution in [3.8, 4) is 11.5 Å². The predicted molar refractivity (Wildman–Crippen MR) is 114 cm³/mol. The molecule has 0 saturated carbocycles. The molecule has 1 aromatic carbocycles. The molecule has 1 aromatic heterocycles. The Morgan fingerprint density at radius 1 is 1.03 bits per heavy atom. The summed E-state index contributed by atoms with van der Waals surface area (Å²) < 4.78 is 16.0. The molecule has 2 N–H and O–H groups in total. The third-order valence-corrected chi connectivity index (χ3v) is 4.93. The molecule has 10 heteroatoms. The van der Waals surface area contributed by atoms with Gasteiger partial charge >= 0.3 is 0 Å². The van der Waals surface area contributed by atoms with Crippen LogP contribution in [0, 0.1) is 0 Å². The Labute approximate surface area is 175 Å². The number of phenolic OH excluding ortho intramolecular Hbond substituents is 1. The number of benzene rings is 1. The van der Waals surface area contributed by atoms with Gasteiger partial charge in [-0.1, -0.05) is 0 Å². The lowest BCUT2D eigenvalue weighted by atomic mass is 10.2. The van der Waals surface area contributed by atoms with Crippen molar-refractivity contribution in [2.75, 3.05) is 74.9 Å². The molecular weight excluding hydrogens is 388 g/mol. The smallest absolute Gasteiger partial charge is 0.229 e. The second-order valence-electron chi connectivity index (χ2n) is 6.91. The Bertz CT molecular complexity index is 845. The van der Waals surface area contributed by atoms with E-state index in [9.17, 15) is 5.11 Å². The lowest BCUT2D eigenvalue weighted by molar-refractivity contribution is 0.121. The van der Waals surface area contributed by atoms with E-state index in [4.69, 9.17) is 19.2 Å². The van der Waals surface area contributed by atoms with Gasteiger partial charge in [0.2, 0.25) is 5.95 Å². The number of hydrazone groups is 1. The Morgan fingerprint density at radius 3 is 2.43 bits per heavy atom. The van der Waals surface area contributed by atoms with E-state index >= 15 is 0 Å². The minimum atomic E-state index is 0.0868. The van der Waals surface area contributed by atoms with Crippen molar-refractivity contribution in [3.05, 3.63) is 29.8 Å². The standard InChI is InChI=1S/C20H26N6O4/c1-28-17-12-15(2-3-16(17)27)14-21-24-18-13-19(25-4-8-29-9-5-25)23-20(22-18)26-6-10-30-11-7-26/h2-3,12-14,27H,4-11H2,1H3,(H,22,23,24)/b21-14+. The highest BCUT2D eigenvalue weighted by atomic mass is 16.5. The van der Waals surface area contributed by atoms with E-state index in [2.05, 4.69) is 25.3 Å². The average Bonchev–Trinajstić information content (AvgIpc) is 2.81. The number of anilines is 3. The molecule has 0 amide bonds. The van der Waals surface area contributed by atoms with Gasteiger partial charge in [-0.25, -0.2) is 0 Å². The molecule has 2 aromatic rings. The number of phenols is 1. The fourth-order valence-corrected chi connectivity index (χ4v) is 3.29. The maximum Gasteiger partial charge on any atom is 0.229 e. The monoisotopic (exact) mass is 414 g/mol. The summed E-state index contributed by atoms with van der Waals surface area (Å²) in [6.07, 6.45) is 1.65. The first-order chi connectivity index (χ1) is 14.7. The van der Waals surface area contributed by atoms with Gasteiger partial charge in [0.15, 0.2) is 17.3 Å². The number of morpholine rings is 2. The minimum Gasteiger partial charge on any atom is -0.504 e. The van der Waals surface area contributed by atoms with Crippen LogP contribution in [-0.2, 0) is 9.47 Å². The van der Waals surface area contributed by atoms with Gasteiger partial charge in [-0.05, 0) is 23.8 Å². The molecule has 0 spiro atoms. The quantitative estimate of drug-likeness (QED) is 0.535. The number of nitrogens with zero attached hydrogens (tertiary/aromatic N) is 5. The van der Waals surface area contributed by atoms with Crippen LogP contribution >= 0.6 is 0 Å². The molecule has 3 heterocycles. The largest absolute Gasteiger partial charge is 0.504 e. The highest BCUT2D eigenvalue weighted by Crippen LogP contribution is 2.26. The molecule has 30 heavy (non-hydrogen) atoms. The number of hydrogen-bond acceptors (Lipinski definition) is 10. The molecular formula is C20H26N6O4. The zero-order chi connectivity index (χ0) is 20.8. The number of hydrogen-bond donors (Lipinski definition) is 2. The first-order valence-electron chi connectivity index (χ1n) is 9.93. The van der Waals surface area contributed by atoms with Gasteiger partial charge < -0.3 is 29.1 Å². The fourth-order valence-electron chi connectivity index (χ4n) is 3.29. The highest BCUT2D eigenvalue weighted by Gasteiger charge is 2.19. The van der Waals surface area contributed by atoms with Crippen molar-refractivity contribution in [2.45, 2.75) is 0 Å². The Morgan fingerprint density at radius 2 is 1.73 bits per heavy atom. The lowest BCUT2D eigenvalue weighted by Crippen LogP contribution is -2.39. The lowest BCUT2D eigenvalue weighted by Gasteiger charge is -2.31. The summed E-state index contributed by atoms with van der Waals surface area (Å²) >= 11 is 0. The summed E-state index contributed by atoms with van der Waals surface area (Å²) in [5.41, 5.74) is 3.79. The van der Waals surface area contributed by atoms with Crippen molar-refractivity contribution in [2.24, 2.45) is 5.10 Å². The first kappa shape index (κ1) is 20.2. The van der Waals surface area contributed by atoms with Crippen molar-refractivity contribution in [3.63, 3.8) is 0 Å². The van der Waals surface area contributed by atoms with Gasteiger partial charge in [-0.3, -0.25) is 5.43 Å². The van der Waals surface area contributed by atoms with Crippen LogP contribution in [0.25, 0.3) is 0 Å². The second-order valence-corrected chi connectivity index (χ2v) is 6.91. The molecule has 0 atom stereocenters. The zero-order valence-electron chi connectivity index (χ0n) is 17.0. The van der Waals surface area contributed by atoms with Crippen LogP contribution in [0.4, 0.5) is 17.6 Å². The molecule has 0 aliphatic carbocycles. The van der Waals surface area contributed by atoms with Crippen LogP contribution in [0.15, 0.2) is 29.4 Å². The molecule has 0 bridgehead atoms. The van der Waals surface area contributed by atoms with Gasteiger partial charge in [0, 0.05) is 32.2 Å². The van der Waals surface area contributed by atoms with Crippen LogP contribution in [0.1, 0.15) is 5.56 Å². The molecule has 2 saturated heterocycles. The van der Waals surface area contributed by atoms with Crippen LogP contribution in [0.3, 0.4) is 0 Å². The summed E-state index contributed by atoms with van der Waals surface area (Å²) in [7, 11) is 1.51. The molecule has 160 valence electrons.